The van der Waals surface area contributed by atoms with Crippen LogP contribution in [0.2, 0.25) is 0 Å². The standard InChI is InChI=1S/C26H27N3O7S/c1-3-35-24-12-8-7-11-23(24)29(37(32,33)22-9-5-4-6-10-22)18-25(30)28-27-17-20-13-15-21(16-14-20)36-19-26(31)34-2/h4-17H,3,18-19H2,1-2H3,(H,28,30)/b27-17-. The van der Waals surface area contributed by atoms with Gasteiger partial charge in [0.15, 0.2) is 6.61 Å². The fourth-order valence-corrected chi connectivity index (χ4v) is 4.61. The maximum atomic E-state index is 13.5. The lowest BCUT2D eigenvalue weighted by Crippen LogP contribution is -2.39. The smallest absolute Gasteiger partial charge is 0.343 e. The molecule has 0 atom stereocenters. The Morgan fingerprint density at radius 1 is 0.946 bits per heavy atom. The van der Waals surface area contributed by atoms with Crippen LogP contribution < -0.4 is 19.2 Å². The number of rotatable bonds is 12. The Morgan fingerprint density at radius 2 is 1.62 bits per heavy atom. The monoisotopic (exact) mass is 525 g/mol. The summed E-state index contributed by atoms with van der Waals surface area (Å²) in [4.78, 5) is 24.0. The van der Waals surface area contributed by atoms with Gasteiger partial charge in [-0.25, -0.2) is 18.6 Å². The van der Waals surface area contributed by atoms with Gasteiger partial charge in [-0.05, 0) is 61.0 Å². The van der Waals surface area contributed by atoms with Crippen molar-refractivity contribution in [3.8, 4) is 11.5 Å². The van der Waals surface area contributed by atoms with Crippen LogP contribution in [-0.4, -0.2) is 53.4 Å². The molecular formula is C26H27N3O7S. The molecule has 0 spiro atoms. The average molecular weight is 526 g/mol. The summed E-state index contributed by atoms with van der Waals surface area (Å²) in [5, 5.41) is 3.93. The van der Waals surface area contributed by atoms with E-state index in [1.165, 1.54) is 25.5 Å². The Bertz CT molecular complexity index is 1330. The zero-order valence-corrected chi connectivity index (χ0v) is 21.2. The van der Waals surface area contributed by atoms with Gasteiger partial charge in [-0.3, -0.25) is 9.10 Å². The molecule has 3 aromatic rings. The van der Waals surface area contributed by atoms with E-state index >= 15 is 0 Å². The number of nitrogens with zero attached hydrogens (tertiary/aromatic N) is 2. The molecule has 0 saturated carbocycles. The molecule has 0 aliphatic heterocycles. The lowest BCUT2D eigenvalue weighted by atomic mass is 10.2. The number of para-hydroxylation sites is 2. The minimum absolute atomic E-state index is 0.0344. The van der Waals surface area contributed by atoms with Gasteiger partial charge in [0.1, 0.15) is 18.0 Å². The first-order valence-electron chi connectivity index (χ1n) is 11.3. The summed E-state index contributed by atoms with van der Waals surface area (Å²) < 4.78 is 43.4. The molecule has 3 aromatic carbocycles. The molecule has 0 heterocycles. The van der Waals surface area contributed by atoms with Crippen molar-refractivity contribution >= 4 is 33.8 Å². The predicted molar refractivity (Wildman–Crippen MR) is 138 cm³/mol. The second kappa shape index (κ2) is 13.1. The molecule has 11 heteroatoms. The molecule has 0 aliphatic carbocycles. The molecule has 0 saturated heterocycles. The fourth-order valence-electron chi connectivity index (χ4n) is 3.16. The van der Waals surface area contributed by atoms with E-state index in [1.807, 2.05) is 0 Å². The minimum atomic E-state index is -4.09. The summed E-state index contributed by atoms with van der Waals surface area (Å²) in [5.41, 5.74) is 3.23. The maximum absolute atomic E-state index is 13.5. The van der Waals surface area contributed by atoms with Gasteiger partial charge >= 0.3 is 5.97 Å². The highest BCUT2D eigenvalue weighted by molar-refractivity contribution is 7.92. The van der Waals surface area contributed by atoms with Crippen molar-refractivity contribution in [3.63, 3.8) is 0 Å². The van der Waals surface area contributed by atoms with E-state index < -0.39 is 28.4 Å². The predicted octanol–water partition coefficient (Wildman–Crippen LogP) is 2.98. The second-order valence-corrected chi connectivity index (χ2v) is 9.31. The first kappa shape index (κ1) is 27.2. The number of sulfonamides is 1. The SMILES string of the molecule is CCOc1ccccc1N(CC(=O)N/N=C\c1ccc(OCC(=O)OC)cc1)S(=O)(=O)c1ccccc1. The molecule has 0 unspecified atom stereocenters. The summed E-state index contributed by atoms with van der Waals surface area (Å²) in [7, 11) is -2.82. The van der Waals surface area contributed by atoms with E-state index in [2.05, 4.69) is 15.3 Å². The molecule has 1 amide bonds. The number of ether oxygens (including phenoxy) is 3. The van der Waals surface area contributed by atoms with E-state index in [9.17, 15) is 18.0 Å². The zero-order valence-electron chi connectivity index (χ0n) is 20.4. The highest BCUT2D eigenvalue weighted by Crippen LogP contribution is 2.32. The molecule has 0 fully saturated rings. The molecular weight excluding hydrogens is 498 g/mol. The molecule has 0 aliphatic rings. The topological polar surface area (TPSA) is 124 Å². The van der Waals surface area contributed by atoms with Crippen molar-refractivity contribution in [1.29, 1.82) is 0 Å². The number of carbonyl (C=O) groups excluding carboxylic acids is 2. The normalized spacial score (nSPS) is 11.1. The number of benzene rings is 3. The Kier molecular flexibility index (Phi) is 9.61. The van der Waals surface area contributed by atoms with Gasteiger partial charge < -0.3 is 14.2 Å². The minimum Gasteiger partial charge on any atom is -0.492 e. The van der Waals surface area contributed by atoms with Gasteiger partial charge in [-0.2, -0.15) is 5.10 Å². The van der Waals surface area contributed by atoms with Crippen LogP contribution in [0.15, 0.2) is 88.9 Å². The van der Waals surface area contributed by atoms with E-state index in [4.69, 9.17) is 9.47 Å². The number of amides is 1. The highest BCUT2D eigenvalue weighted by Gasteiger charge is 2.29. The molecule has 194 valence electrons. The number of hydrogen-bond donors (Lipinski definition) is 1. The van der Waals surface area contributed by atoms with Gasteiger partial charge in [-0.15, -0.1) is 0 Å². The van der Waals surface area contributed by atoms with Crippen molar-refractivity contribution in [1.82, 2.24) is 5.43 Å². The van der Waals surface area contributed by atoms with Crippen molar-refractivity contribution in [2.45, 2.75) is 11.8 Å². The number of hydrazone groups is 1. The molecule has 3 rings (SSSR count). The number of methoxy groups -OCH3 is 1. The summed E-state index contributed by atoms with van der Waals surface area (Å²) >= 11 is 0. The highest BCUT2D eigenvalue weighted by atomic mass is 32.2. The molecule has 0 radical (unpaired) electrons. The second-order valence-electron chi connectivity index (χ2n) is 7.45. The Labute approximate surface area is 215 Å². The van der Waals surface area contributed by atoms with E-state index in [0.717, 1.165) is 4.31 Å². The summed E-state index contributed by atoms with van der Waals surface area (Å²) in [6.45, 7) is 1.36. The first-order chi connectivity index (χ1) is 17.8. The molecule has 10 nitrogen and oxygen atoms in total. The van der Waals surface area contributed by atoms with Gasteiger partial charge in [-0.1, -0.05) is 30.3 Å². The third-order valence-corrected chi connectivity index (χ3v) is 6.69. The Morgan fingerprint density at radius 3 is 2.30 bits per heavy atom. The van der Waals surface area contributed by atoms with Crippen molar-refractivity contribution < 1.29 is 32.2 Å². The van der Waals surface area contributed by atoms with E-state index in [0.29, 0.717) is 23.7 Å². The summed E-state index contributed by atoms with van der Waals surface area (Å²) in [5.74, 6) is -0.364. The molecule has 0 aromatic heterocycles. The van der Waals surface area contributed by atoms with Crippen LogP contribution in [0.25, 0.3) is 0 Å². The number of nitrogens with one attached hydrogen (secondary N) is 1. The summed E-state index contributed by atoms with van der Waals surface area (Å²) in [6.07, 6.45) is 1.40. The average Bonchev–Trinajstić information content (AvgIpc) is 2.92. The molecule has 37 heavy (non-hydrogen) atoms. The molecule has 0 bridgehead atoms. The Hall–Kier alpha value is -4.38. The van der Waals surface area contributed by atoms with Crippen molar-refractivity contribution in [3.05, 3.63) is 84.4 Å². The number of hydrogen-bond acceptors (Lipinski definition) is 8. The number of anilines is 1. The Balaban J connectivity index is 1.75. The van der Waals surface area contributed by atoms with Crippen LogP contribution >= 0.6 is 0 Å². The largest absolute Gasteiger partial charge is 0.492 e. The van der Waals surface area contributed by atoms with Gasteiger partial charge in [0, 0.05) is 0 Å². The number of esters is 1. The van der Waals surface area contributed by atoms with Gasteiger partial charge in [0.2, 0.25) is 0 Å². The van der Waals surface area contributed by atoms with Crippen LogP contribution in [0, 0.1) is 0 Å². The van der Waals surface area contributed by atoms with Crippen LogP contribution in [0.3, 0.4) is 0 Å². The lowest BCUT2D eigenvalue weighted by molar-refractivity contribution is -0.142. The quantitative estimate of drug-likeness (QED) is 0.219. The fraction of sp³-hybridized carbons (Fsp3) is 0.192. The van der Waals surface area contributed by atoms with Crippen LogP contribution in [0.5, 0.6) is 11.5 Å². The van der Waals surface area contributed by atoms with Crippen LogP contribution in [0.4, 0.5) is 5.69 Å². The van der Waals surface area contributed by atoms with E-state index in [-0.39, 0.29) is 17.2 Å². The zero-order chi connectivity index (χ0) is 26.7. The van der Waals surface area contributed by atoms with Crippen molar-refractivity contribution in [2.75, 3.05) is 31.2 Å². The van der Waals surface area contributed by atoms with Crippen molar-refractivity contribution in [2.24, 2.45) is 5.10 Å². The third kappa shape index (κ3) is 7.55. The maximum Gasteiger partial charge on any atom is 0.343 e. The first-order valence-corrected chi connectivity index (χ1v) is 12.7. The van der Waals surface area contributed by atoms with Crippen LogP contribution in [-0.2, 0) is 24.3 Å². The lowest BCUT2D eigenvalue weighted by Gasteiger charge is -2.25. The summed E-state index contributed by atoms with van der Waals surface area (Å²) in [6, 6.07) is 21.0. The van der Waals surface area contributed by atoms with Crippen LogP contribution in [0.1, 0.15) is 12.5 Å². The van der Waals surface area contributed by atoms with E-state index in [1.54, 1.807) is 73.7 Å². The number of carbonyl (C=O) groups is 2. The van der Waals surface area contributed by atoms with Gasteiger partial charge in [0.05, 0.1) is 30.5 Å². The van der Waals surface area contributed by atoms with Gasteiger partial charge in [0.25, 0.3) is 15.9 Å². The third-order valence-electron chi connectivity index (χ3n) is 4.92. The molecule has 1 N–H and O–H groups in total.